The highest BCUT2D eigenvalue weighted by Crippen LogP contribution is 2.27. The summed E-state index contributed by atoms with van der Waals surface area (Å²) in [6, 6.07) is 7.94. The maximum Gasteiger partial charge on any atom is 0.293 e. The van der Waals surface area contributed by atoms with Crippen LogP contribution in [0.15, 0.2) is 41.0 Å². The number of benzene rings is 1. The Balaban J connectivity index is 1.55. The van der Waals surface area contributed by atoms with Crippen LogP contribution >= 0.6 is 0 Å². The maximum absolute atomic E-state index is 12.3. The van der Waals surface area contributed by atoms with Gasteiger partial charge in [-0.15, -0.1) is 0 Å². The molecule has 1 N–H and O–H groups in total. The molecule has 1 saturated heterocycles. The van der Waals surface area contributed by atoms with Crippen LogP contribution in [0.3, 0.4) is 0 Å². The molecule has 1 aliphatic heterocycles. The molecule has 0 atom stereocenters. The van der Waals surface area contributed by atoms with Crippen LogP contribution in [-0.2, 0) is 4.79 Å². The Morgan fingerprint density at radius 2 is 1.93 bits per heavy atom. The molecule has 1 fully saturated rings. The van der Waals surface area contributed by atoms with Gasteiger partial charge in [0.25, 0.3) is 11.6 Å². The van der Waals surface area contributed by atoms with Crippen molar-refractivity contribution in [2.24, 2.45) is 0 Å². The number of hydrogen-bond donors (Lipinski definition) is 1. The molecule has 1 aliphatic rings. The van der Waals surface area contributed by atoms with Crippen molar-refractivity contribution in [1.82, 2.24) is 9.80 Å². The number of para-hydroxylation sites is 1. The van der Waals surface area contributed by atoms with Gasteiger partial charge >= 0.3 is 0 Å². The average Bonchev–Trinajstić information content (AvgIpc) is 3.18. The van der Waals surface area contributed by atoms with Crippen molar-refractivity contribution in [2.75, 3.05) is 38.0 Å². The van der Waals surface area contributed by atoms with E-state index in [4.69, 9.17) is 4.42 Å². The molecule has 9 nitrogen and oxygen atoms in total. The smallest absolute Gasteiger partial charge is 0.293 e. The first-order valence-corrected chi connectivity index (χ1v) is 8.54. The number of nitrogens with zero attached hydrogens (tertiary/aromatic N) is 3. The molecule has 1 aromatic carbocycles. The van der Waals surface area contributed by atoms with Crippen LogP contribution in [0.25, 0.3) is 0 Å². The van der Waals surface area contributed by atoms with Gasteiger partial charge in [-0.2, -0.15) is 0 Å². The number of nitrogens with one attached hydrogen (secondary N) is 1. The number of nitro groups is 1. The number of carbonyl (C=O) groups is 2. The van der Waals surface area contributed by atoms with Crippen molar-refractivity contribution < 1.29 is 18.9 Å². The third kappa shape index (κ3) is 4.32. The van der Waals surface area contributed by atoms with Crippen LogP contribution in [-0.4, -0.2) is 59.3 Å². The topological polar surface area (TPSA) is 109 Å². The molecule has 2 amide bonds. The van der Waals surface area contributed by atoms with Crippen molar-refractivity contribution >= 4 is 23.2 Å². The monoisotopic (exact) mass is 372 g/mol. The van der Waals surface area contributed by atoms with Crippen LogP contribution in [0, 0.1) is 17.0 Å². The number of nitro benzene ring substituents is 1. The molecular weight excluding hydrogens is 352 g/mol. The van der Waals surface area contributed by atoms with E-state index in [9.17, 15) is 19.7 Å². The number of hydrogen-bond acceptors (Lipinski definition) is 6. The van der Waals surface area contributed by atoms with E-state index in [1.165, 1.54) is 12.3 Å². The molecule has 3 rings (SSSR count). The largest absolute Gasteiger partial charge is 0.459 e. The van der Waals surface area contributed by atoms with Crippen LogP contribution in [0.5, 0.6) is 0 Å². The third-order valence-electron chi connectivity index (χ3n) is 4.47. The number of rotatable bonds is 5. The Bertz CT molecular complexity index is 841. The van der Waals surface area contributed by atoms with Crippen LogP contribution in [0.1, 0.15) is 16.1 Å². The van der Waals surface area contributed by atoms with Gasteiger partial charge in [0.1, 0.15) is 5.69 Å². The fraction of sp³-hybridized carbons (Fsp3) is 0.333. The van der Waals surface area contributed by atoms with Crippen molar-refractivity contribution in [1.29, 1.82) is 0 Å². The van der Waals surface area contributed by atoms with Crippen molar-refractivity contribution in [3.63, 3.8) is 0 Å². The second-order valence-electron chi connectivity index (χ2n) is 6.32. The second-order valence-corrected chi connectivity index (χ2v) is 6.32. The number of carbonyl (C=O) groups excluding carboxylic acids is 2. The van der Waals surface area contributed by atoms with E-state index in [-0.39, 0.29) is 29.7 Å². The van der Waals surface area contributed by atoms with Gasteiger partial charge in [-0.1, -0.05) is 12.1 Å². The minimum atomic E-state index is -0.512. The highest BCUT2D eigenvalue weighted by atomic mass is 16.6. The summed E-state index contributed by atoms with van der Waals surface area (Å²) >= 11 is 0. The molecule has 0 spiro atoms. The molecule has 0 saturated carbocycles. The lowest BCUT2D eigenvalue weighted by atomic mass is 10.1. The Morgan fingerprint density at radius 1 is 1.19 bits per heavy atom. The Kier molecular flexibility index (Phi) is 5.51. The van der Waals surface area contributed by atoms with Gasteiger partial charge < -0.3 is 14.6 Å². The highest BCUT2D eigenvalue weighted by molar-refractivity contribution is 5.95. The predicted octanol–water partition coefficient (Wildman–Crippen LogP) is 1.89. The SMILES string of the molecule is Cc1cccc([N+](=O)[O-])c1NC(=O)CN1CCN(C(=O)c2ccco2)CC1. The third-order valence-corrected chi connectivity index (χ3v) is 4.47. The number of furan rings is 1. The first kappa shape index (κ1) is 18.6. The lowest BCUT2D eigenvalue weighted by Crippen LogP contribution is -2.50. The van der Waals surface area contributed by atoms with Crippen LogP contribution in [0.4, 0.5) is 11.4 Å². The molecule has 2 aromatic rings. The average molecular weight is 372 g/mol. The van der Waals surface area contributed by atoms with Crippen LogP contribution in [0.2, 0.25) is 0 Å². The van der Waals surface area contributed by atoms with E-state index in [1.54, 1.807) is 36.1 Å². The predicted molar refractivity (Wildman–Crippen MR) is 97.5 cm³/mol. The standard InChI is InChI=1S/C18H20N4O5/c1-13-4-2-5-14(22(25)26)17(13)19-16(23)12-20-7-9-21(10-8-20)18(24)15-6-3-11-27-15/h2-6,11H,7-10,12H2,1H3,(H,19,23). The Labute approximate surface area is 155 Å². The summed E-state index contributed by atoms with van der Waals surface area (Å²) in [5.41, 5.74) is 0.725. The molecule has 0 aliphatic carbocycles. The highest BCUT2D eigenvalue weighted by Gasteiger charge is 2.25. The number of piperazine rings is 1. The Hall–Kier alpha value is -3.20. The van der Waals surface area contributed by atoms with Gasteiger partial charge in [0, 0.05) is 32.2 Å². The molecule has 0 radical (unpaired) electrons. The Morgan fingerprint density at radius 3 is 2.56 bits per heavy atom. The molecule has 0 unspecified atom stereocenters. The lowest BCUT2D eigenvalue weighted by molar-refractivity contribution is -0.384. The van der Waals surface area contributed by atoms with E-state index >= 15 is 0 Å². The zero-order valence-corrected chi connectivity index (χ0v) is 14.9. The van der Waals surface area contributed by atoms with Crippen molar-refractivity contribution in [3.8, 4) is 0 Å². The van der Waals surface area contributed by atoms with Gasteiger partial charge in [-0.05, 0) is 24.6 Å². The van der Waals surface area contributed by atoms with Gasteiger partial charge in [0.05, 0.1) is 17.7 Å². The van der Waals surface area contributed by atoms with E-state index in [0.29, 0.717) is 37.5 Å². The summed E-state index contributed by atoms with van der Waals surface area (Å²) in [7, 11) is 0. The zero-order chi connectivity index (χ0) is 19.4. The summed E-state index contributed by atoms with van der Waals surface area (Å²) in [5, 5.41) is 13.8. The maximum atomic E-state index is 12.3. The van der Waals surface area contributed by atoms with E-state index in [0.717, 1.165) is 0 Å². The van der Waals surface area contributed by atoms with E-state index in [1.807, 2.05) is 4.90 Å². The molecule has 0 bridgehead atoms. The molecule has 142 valence electrons. The summed E-state index contributed by atoms with van der Waals surface area (Å²) in [4.78, 5) is 38.8. The molecule has 2 heterocycles. The molecule has 27 heavy (non-hydrogen) atoms. The zero-order valence-electron chi connectivity index (χ0n) is 14.9. The quantitative estimate of drug-likeness (QED) is 0.634. The van der Waals surface area contributed by atoms with Gasteiger partial charge in [0.15, 0.2) is 5.76 Å². The summed E-state index contributed by atoms with van der Waals surface area (Å²) in [5.74, 6) is -0.189. The number of aryl methyl sites for hydroxylation is 1. The van der Waals surface area contributed by atoms with Gasteiger partial charge in [0.2, 0.25) is 5.91 Å². The van der Waals surface area contributed by atoms with Crippen LogP contribution < -0.4 is 5.32 Å². The molecule has 9 heteroatoms. The summed E-state index contributed by atoms with van der Waals surface area (Å²) < 4.78 is 5.12. The van der Waals surface area contributed by atoms with Gasteiger partial charge in [-0.25, -0.2) is 0 Å². The summed E-state index contributed by atoms with van der Waals surface area (Å²) in [6.45, 7) is 3.86. The van der Waals surface area contributed by atoms with Crippen molar-refractivity contribution in [3.05, 3.63) is 58.0 Å². The first-order chi connectivity index (χ1) is 13.0. The number of anilines is 1. The van der Waals surface area contributed by atoms with Crippen molar-refractivity contribution in [2.45, 2.75) is 6.92 Å². The molecular formula is C18H20N4O5. The van der Waals surface area contributed by atoms with E-state index in [2.05, 4.69) is 5.32 Å². The fourth-order valence-corrected chi connectivity index (χ4v) is 3.01. The first-order valence-electron chi connectivity index (χ1n) is 8.54. The summed E-state index contributed by atoms with van der Waals surface area (Å²) in [6.07, 6.45) is 1.46. The molecule has 1 aromatic heterocycles. The normalized spacial score (nSPS) is 14.8. The van der Waals surface area contributed by atoms with Gasteiger partial charge in [-0.3, -0.25) is 24.6 Å². The second kappa shape index (κ2) is 8.00. The fourth-order valence-electron chi connectivity index (χ4n) is 3.01. The number of amides is 2. The minimum Gasteiger partial charge on any atom is -0.459 e. The lowest BCUT2D eigenvalue weighted by Gasteiger charge is -2.33. The minimum absolute atomic E-state index is 0.105. The van der Waals surface area contributed by atoms with E-state index < -0.39 is 4.92 Å².